The first-order valence-corrected chi connectivity index (χ1v) is 8.99. The Balaban J connectivity index is 1.51. The molecule has 2 aromatic carbocycles. The molecule has 0 saturated heterocycles. The Labute approximate surface area is 157 Å². The van der Waals surface area contributed by atoms with Gasteiger partial charge in [0.05, 0.1) is 6.04 Å². The first-order valence-electron chi connectivity index (χ1n) is 8.99. The van der Waals surface area contributed by atoms with Crippen molar-refractivity contribution in [2.75, 3.05) is 6.61 Å². The van der Waals surface area contributed by atoms with Gasteiger partial charge in [-0.15, -0.1) is 0 Å². The third-order valence-corrected chi connectivity index (χ3v) is 4.55. The van der Waals surface area contributed by atoms with Crippen LogP contribution in [0, 0.1) is 5.82 Å². The zero-order valence-corrected chi connectivity index (χ0v) is 15.1. The first kappa shape index (κ1) is 18.9. The van der Waals surface area contributed by atoms with Gasteiger partial charge in [0.25, 0.3) is 5.91 Å². The van der Waals surface area contributed by atoms with Crippen molar-refractivity contribution >= 4 is 11.9 Å². The SMILES string of the molecule is C[C@@H](OC(=O)COc1ccccc1F)C(=O)N[C@H]1CCCc2ccccc21. The minimum absolute atomic E-state index is 0.0367. The zero-order valence-electron chi connectivity index (χ0n) is 15.1. The average molecular weight is 371 g/mol. The normalized spacial score (nSPS) is 16.7. The number of esters is 1. The van der Waals surface area contributed by atoms with E-state index in [4.69, 9.17) is 9.47 Å². The Morgan fingerprint density at radius 3 is 2.74 bits per heavy atom. The van der Waals surface area contributed by atoms with Crippen molar-refractivity contribution in [3.63, 3.8) is 0 Å². The maximum atomic E-state index is 13.5. The average Bonchev–Trinajstić information content (AvgIpc) is 2.67. The summed E-state index contributed by atoms with van der Waals surface area (Å²) in [5.74, 6) is -1.70. The molecule has 2 aromatic rings. The lowest BCUT2D eigenvalue weighted by molar-refractivity contribution is -0.157. The van der Waals surface area contributed by atoms with Gasteiger partial charge in [0, 0.05) is 0 Å². The van der Waals surface area contributed by atoms with Crippen LogP contribution >= 0.6 is 0 Å². The summed E-state index contributed by atoms with van der Waals surface area (Å²) in [7, 11) is 0. The molecule has 142 valence electrons. The summed E-state index contributed by atoms with van der Waals surface area (Å²) in [5, 5.41) is 2.95. The summed E-state index contributed by atoms with van der Waals surface area (Å²) in [6.45, 7) is 1.04. The summed E-state index contributed by atoms with van der Waals surface area (Å²) in [6.07, 6.45) is 1.88. The van der Waals surface area contributed by atoms with Crippen molar-refractivity contribution in [2.24, 2.45) is 0 Å². The number of carbonyl (C=O) groups is 2. The van der Waals surface area contributed by atoms with Gasteiger partial charge < -0.3 is 14.8 Å². The van der Waals surface area contributed by atoms with E-state index in [9.17, 15) is 14.0 Å². The van der Waals surface area contributed by atoms with Crippen molar-refractivity contribution < 1.29 is 23.5 Å². The van der Waals surface area contributed by atoms with Crippen LogP contribution in [0.25, 0.3) is 0 Å². The highest BCUT2D eigenvalue weighted by atomic mass is 19.1. The van der Waals surface area contributed by atoms with Gasteiger partial charge in [-0.1, -0.05) is 36.4 Å². The third-order valence-electron chi connectivity index (χ3n) is 4.55. The lowest BCUT2D eigenvalue weighted by atomic mass is 9.87. The van der Waals surface area contributed by atoms with E-state index in [2.05, 4.69) is 11.4 Å². The number of amides is 1. The molecule has 5 nitrogen and oxygen atoms in total. The molecule has 3 rings (SSSR count). The van der Waals surface area contributed by atoms with Crippen molar-refractivity contribution in [1.82, 2.24) is 5.32 Å². The number of fused-ring (bicyclic) bond motifs is 1. The molecule has 0 saturated carbocycles. The second-order valence-corrected chi connectivity index (χ2v) is 6.50. The van der Waals surface area contributed by atoms with E-state index in [-0.39, 0.29) is 17.7 Å². The van der Waals surface area contributed by atoms with E-state index in [1.807, 2.05) is 18.2 Å². The van der Waals surface area contributed by atoms with E-state index in [0.29, 0.717) is 0 Å². The fourth-order valence-corrected chi connectivity index (χ4v) is 3.18. The lowest BCUT2D eigenvalue weighted by Gasteiger charge is -2.27. The second kappa shape index (κ2) is 8.66. The number of hydrogen-bond acceptors (Lipinski definition) is 4. The van der Waals surface area contributed by atoms with Gasteiger partial charge in [0.2, 0.25) is 0 Å². The predicted octanol–water partition coefficient (Wildman–Crippen LogP) is 3.33. The molecule has 1 aliphatic rings. The molecular formula is C21H22FNO4. The van der Waals surface area contributed by atoms with Crippen LogP contribution in [-0.2, 0) is 20.7 Å². The topological polar surface area (TPSA) is 64.6 Å². The van der Waals surface area contributed by atoms with E-state index < -0.39 is 24.5 Å². The summed E-state index contributed by atoms with van der Waals surface area (Å²) in [5.41, 5.74) is 2.34. The third kappa shape index (κ3) is 4.84. The van der Waals surface area contributed by atoms with Gasteiger partial charge in [0.1, 0.15) is 0 Å². The number of halogens is 1. The fourth-order valence-electron chi connectivity index (χ4n) is 3.18. The highest BCUT2D eigenvalue weighted by Crippen LogP contribution is 2.29. The van der Waals surface area contributed by atoms with Crippen LogP contribution in [0.3, 0.4) is 0 Å². The van der Waals surface area contributed by atoms with E-state index in [1.165, 1.54) is 30.7 Å². The van der Waals surface area contributed by atoms with Crippen molar-refractivity contribution in [1.29, 1.82) is 0 Å². The Morgan fingerprint density at radius 2 is 1.93 bits per heavy atom. The second-order valence-electron chi connectivity index (χ2n) is 6.50. The number of ether oxygens (including phenoxy) is 2. The molecule has 0 fully saturated rings. The standard InChI is InChI=1S/C21H22FNO4/c1-14(27-20(24)13-26-19-12-5-4-10-17(19)22)21(25)23-18-11-6-8-15-7-2-3-9-16(15)18/h2-5,7,9-10,12,14,18H,6,8,11,13H2,1H3,(H,23,25)/t14-,18+/m1/s1. The fraction of sp³-hybridized carbons (Fsp3) is 0.333. The van der Waals surface area contributed by atoms with Gasteiger partial charge in [-0.05, 0) is 49.4 Å². The summed E-state index contributed by atoms with van der Waals surface area (Å²) in [6, 6.07) is 13.7. The van der Waals surface area contributed by atoms with Crippen LogP contribution < -0.4 is 10.1 Å². The van der Waals surface area contributed by atoms with Crippen LogP contribution in [0.2, 0.25) is 0 Å². The van der Waals surface area contributed by atoms with Gasteiger partial charge in [-0.3, -0.25) is 4.79 Å². The molecule has 0 spiro atoms. The van der Waals surface area contributed by atoms with E-state index >= 15 is 0 Å². The molecule has 0 unspecified atom stereocenters. The first-order chi connectivity index (χ1) is 13.0. The Hall–Kier alpha value is -2.89. The molecule has 1 N–H and O–H groups in total. The van der Waals surface area contributed by atoms with E-state index in [0.717, 1.165) is 24.8 Å². The summed E-state index contributed by atoms with van der Waals surface area (Å²) >= 11 is 0. The van der Waals surface area contributed by atoms with Crippen LogP contribution in [0.5, 0.6) is 5.75 Å². The van der Waals surface area contributed by atoms with Crippen LogP contribution in [0.4, 0.5) is 4.39 Å². The Morgan fingerprint density at radius 1 is 1.19 bits per heavy atom. The lowest BCUT2D eigenvalue weighted by Crippen LogP contribution is -2.39. The number of benzene rings is 2. The predicted molar refractivity (Wildman–Crippen MR) is 97.7 cm³/mol. The molecular weight excluding hydrogens is 349 g/mol. The highest BCUT2D eigenvalue weighted by molar-refractivity contribution is 5.84. The molecule has 1 aliphatic carbocycles. The molecule has 0 aliphatic heterocycles. The molecule has 0 aromatic heterocycles. The molecule has 6 heteroatoms. The smallest absolute Gasteiger partial charge is 0.344 e. The van der Waals surface area contributed by atoms with Gasteiger partial charge in [-0.2, -0.15) is 0 Å². The Kier molecular flexibility index (Phi) is 6.06. The number of aryl methyl sites for hydroxylation is 1. The highest BCUT2D eigenvalue weighted by Gasteiger charge is 2.25. The number of hydrogen-bond donors (Lipinski definition) is 1. The van der Waals surface area contributed by atoms with Crippen molar-refractivity contribution in [2.45, 2.75) is 38.3 Å². The van der Waals surface area contributed by atoms with Gasteiger partial charge in [0.15, 0.2) is 24.3 Å². The van der Waals surface area contributed by atoms with Gasteiger partial charge in [-0.25, -0.2) is 9.18 Å². The number of rotatable bonds is 6. The summed E-state index contributed by atoms with van der Waals surface area (Å²) in [4.78, 5) is 24.3. The van der Waals surface area contributed by atoms with Crippen molar-refractivity contribution in [3.05, 3.63) is 65.5 Å². The minimum atomic E-state index is -0.962. The molecule has 27 heavy (non-hydrogen) atoms. The van der Waals surface area contributed by atoms with Crippen molar-refractivity contribution in [3.8, 4) is 5.75 Å². The van der Waals surface area contributed by atoms with Crippen LogP contribution in [-0.4, -0.2) is 24.6 Å². The molecule has 2 atom stereocenters. The number of nitrogens with one attached hydrogen (secondary N) is 1. The zero-order chi connectivity index (χ0) is 19.2. The van der Waals surface area contributed by atoms with Crippen LogP contribution in [0.15, 0.2) is 48.5 Å². The van der Waals surface area contributed by atoms with E-state index in [1.54, 1.807) is 6.07 Å². The minimum Gasteiger partial charge on any atom is -0.479 e. The monoisotopic (exact) mass is 371 g/mol. The maximum absolute atomic E-state index is 13.5. The summed E-state index contributed by atoms with van der Waals surface area (Å²) < 4.78 is 23.7. The largest absolute Gasteiger partial charge is 0.479 e. The molecule has 0 bridgehead atoms. The van der Waals surface area contributed by atoms with Gasteiger partial charge >= 0.3 is 5.97 Å². The molecule has 0 heterocycles. The maximum Gasteiger partial charge on any atom is 0.344 e. The van der Waals surface area contributed by atoms with Crippen LogP contribution in [0.1, 0.15) is 36.9 Å². The number of para-hydroxylation sites is 1. The number of carbonyl (C=O) groups excluding carboxylic acids is 2. The molecule has 1 amide bonds. The quantitative estimate of drug-likeness (QED) is 0.791. The molecule has 0 radical (unpaired) electrons. The Bertz CT molecular complexity index is 823.